The monoisotopic (exact) mass is 424 g/mol. The highest BCUT2D eigenvalue weighted by atomic mass is 16.5. The van der Waals surface area contributed by atoms with Crippen LogP contribution in [0.15, 0.2) is 42.5 Å². The van der Waals surface area contributed by atoms with Gasteiger partial charge in [-0.3, -0.25) is 9.59 Å². The molecule has 0 aromatic heterocycles. The van der Waals surface area contributed by atoms with Gasteiger partial charge in [-0.05, 0) is 44.7 Å². The van der Waals surface area contributed by atoms with Crippen molar-refractivity contribution in [1.29, 1.82) is 0 Å². The largest absolute Gasteiger partial charge is 0.490 e. The van der Waals surface area contributed by atoms with E-state index in [9.17, 15) is 9.59 Å². The minimum atomic E-state index is -0.139. The fraction of sp³-hybridized carbons (Fsp3) is 0.440. The van der Waals surface area contributed by atoms with Crippen molar-refractivity contribution in [2.75, 3.05) is 26.3 Å². The van der Waals surface area contributed by atoms with E-state index in [1.807, 2.05) is 56.3 Å². The van der Waals surface area contributed by atoms with Gasteiger partial charge in [0, 0.05) is 12.1 Å². The van der Waals surface area contributed by atoms with Crippen molar-refractivity contribution in [2.45, 2.75) is 46.1 Å². The zero-order valence-corrected chi connectivity index (χ0v) is 18.5. The number of para-hydroxylation sites is 1. The lowest BCUT2D eigenvalue weighted by Crippen LogP contribution is -2.41. The van der Waals surface area contributed by atoms with Crippen molar-refractivity contribution in [3.63, 3.8) is 0 Å². The Morgan fingerprint density at radius 2 is 1.97 bits per heavy atom. The summed E-state index contributed by atoms with van der Waals surface area (Å²) in [5.41, 5.74) is 2.89. The number of aryl methyl sites for hydroxylation is 1. The number of fused-ring (bicyclic) bond motifs is 1. The van der Waals surface area contributed by atoms with Crippen LogP contribution < -0.4 is 14.8 Å². The second kappa shape index (κ2) is 11.4. The van der Waals surface area contributed by atoms with E-state index in [2.05, 4.69) is 5.32 Å². The molecule has 0 unspecified atom stereocenters. The molecule has 31 heavy (non-hydrogen) atoms. The first-order valence-electron chi connectivity index (χ1n) is 11.0. The molecule has 2 aromatic rings. The molecule has 2 amide bonds. The van der Waals surface area contributed by atoms with E-state index in [0.717, 1.165) is 36.0 Å². The number of carbonyl (C=O) groups is 2. The summed E-state index contributed by atoms with van der Waals surface area (Å²) < 4.78 is 11.9. The number of rotatable bonds is 4. The molecule has 1 heterocycles. The quantitative estimate of drug-likeness (QED) is 0.814. The van der Waals surface area contributed by atoms with Gasteiger partial charge in [-0.25, -0.2) is 0 Å². The van der Waals surface area contributed by atoms with Gasteiger partial charge in [0.25, 0.3) is 0 Å². The predicted octanol–water partition coefficient (Wildman–Crippen LogP) is 3.64. The third kappa shape index (κ3) is 6.74. The van der Waals surface area contributed by atoms with Gasteiger partial charge < -0.3 is 19.7 Å². The molecule has 0 saturated heterocycles. The molecule has 0 fully saturated rings. The SMILES string of the molecule is CCOc1cccc2c1OCCCCCNC(=O)CN(C(=O)Cc1cccc(C)c1)C2. The van der Waals surface area contributed by atoms with Crippen molar-refractivity contribution in [1.82, 2.24) is 10.2 Å². The van der Waals surface area contributed by atoms with Gasteiger partial charge in [-0.2, -0.15) is 0 Å². The highest BCUT2D eigenvalue weighted by Gasteiger charge is 2.21. The average Bonchev–Trinajstić information content (AvgIpc) is 2.75. The summed E-state index contributed by atoms with van der Waals surface area (Å²) in [7, 11) is 0. The van der Waals surface area contributed by atoms with Crippen LogP contribution in [-0.2, 0) is 22.6 Å². The third-order valence-corrected chi connectivity index (χ3v) is 5.24. The molecule has 0 radical (unpaired) electrons. The number of carbonyl (C=O) groups excluding carboxylic acids is 2. The van der Waals surface area contributed by atoms with Crippen LogP contribution in [0.25, 0.3) is 0 Å². The zero-order chi connectivity index (χ0) is 22.1. The Bertz CT molecular complexity index is 897. The van der Waals surface area contributed by atoms with Crippen LogP contribution in [0.3, 0.4) is 0 Å². The van der Waals surface area contributed by atoms with Gasteiger partial charge in [0.2, 0.25) is 11.8 Å². The molecule has 2 aromatic carbocycles. The van der Waals surface area contributed by atoms with Crippen LogP contribution in [0.2, 0.25) is 0 Å². The fourth-order valence-electron chi connectivity index (χ4n) is 3.70. The molecular weight excluding hydrogens is 392 g/mol. The molecule has 0 bridgehead atoms. The first kappa shape index (κ1) is 22.7. The molecule has 0 aliphatic carbocycles. The van der Waals surface area contributed by atoms with Crippen LogP contribution in [0, 0.1) is 6.92 Å². The van der Waals surface area contributed by atoms with E-state index < -0.39 is 0 Å². The Balaban J connectivity index is 1.88. The van der Waals surface area contributed by atoms with Gasteiger partial charge in [-0.15, -0.1) is 0 Å². The lowest BCUT2D eigenvalue weighted by atomic mass is 10.1. The number of benzene rings is 2. The van der Waals surface area contributed by atoms with Gasteiger partial charge in [0.15, 0.2) is 11.5 Å². The predicted molar refractivity (Wildman–Crippen MR) is 120 cm³/mol. The molecule has 1 aliphatic rings. The third-order valence-electron chi connectivity index (χ3n) is 5.24. The molecule has 3 rings (SSSR count). The van der Waals surface area contributed by atoms with Crippen LogP contribution in [0.4, 0.5) is 0 Å². The normalized spacial score (nSPS) is 15.4. The Morgan fingerprint density at radius 1 is 1.13 bits per heavy atom. The number of hydrogen-bond acceptors (Lipinski definition) is 4. The van der Waals surface area contributed by atoms with Gasteiger partial charge in [-0.1, -0.05) is 42.0 Å². The highest BCUT2D eigenvalue weighted by Crippen LogP contribution is 2.33. The molecule has 6 heteroatoms. The average molecular weight is 425 g/mol. The summed E-state index contributed by atoms with van der Waals surface area (Å²) in [6.45, 7) is 5.94. The smallest absolute Gasteiger partial charge is 0.239 e. The second-order valence-corrected chi connectivity index (χ2v) is 7.85. The topological polar surface area (TPSA) is 67.9 Å². The summed E-state index contributed by atoms with van der Waals surface area (Å²) in [4.78, 5) is 27.3. The van der Waals surface area contributed by atoms with Gasteiger partial charge >= 0.3 is 0 Å². The number of amides is 2. The highest BCUT2D eigenvalue weighted by molar-refractivity contribution is 5.86. The van der Waals surface area contributed by atoms with Crippen molar-refractivity contribution < 1.29 is 19.1 Å². The Hall–Kier alpha value is -3.02. The van der Waals surface area contributed by atoms with Gasteiger partial charge in [0.05, 0.1) is 32.7 Å². The van der Waals surface area contributed by atoms with Crippen LogP contribution >= 0.6 is 0 Å². The van der Waals surface area contributed by atoms with Crippen LogP contribution in [-0.4, -0.2) is 43.0 Å². The molecule has 6 nitrogen and oxygen atoms in total. The molecule has 0 spiro atoms. The zero-order valence-electron chi connectivity index (χ0n) is 18.5. The van der Waals surface area contributed by atoms with Crippen molar-refractivity contribution in [3.05, 3.63) is 59.2 Å². The second-order valence-electron chi connectivity index (χ2n) is 7.85. The van der Waals surface area contributed by atoms with Crippen molar-refractivity contribution in [3.8, 4) is 11.5 Å². The summed E-state index contributed by atoms with van der Waals surface area (Å²) in [6, 6.07) is 13.6. The van der Waals surface area contributed by atoms with E-state index in [-0.39, 0.29) is 31.3 Å². The van der Waals surface area contributed by atoms with E-state index in [0.29, 0.717) is 31.3 Å². The summed E-state index contributed by atoms with van der Waals surface area (Å²) in [5, 5.41) is 2.94. The van der Waals surface area contributed by atoms with Crippen LogP contribution in [0.1, 0.15) is 42.9 Å². The van der Waals surface area contributed by atoms with Crippen molar-refractivity contribution >= 4 is 11.8 Å². The Labute approximate surface area is 184 Å². The summed E-state index contributed by atoms with van der Waals surface area (Å²) in [6.07, 6.45) is 2.98. The molecule has 1 aliphatic heterocycles. The minimum Gasteiger partial charge on any atom is -0.490 e. The van der Waals surface area contributed by atoms with E-state index in [1.165, 1.54) is 0 Å². The lowest BCUT2D eigenvalue weighted by molar-refractivity contribution is -0.136. The molecule has 1 N–H and O–H groups in total. The van der Waals surface area contributed by atoms with E-state index >= 15 is 0 Å². The first-order valence-corrected chi connectivity index (χ1v) is 11.0. The van der Waals surface area contributed by atoms with Crippen LogP contribution in [0.5, 0.6) is 11.5 Å². The fourth-order valence-corrected chi connectivity index (χ4v) is 3.70. The van der Waals surface area contributed by atoms with Gasteiger partial charge in [0.1, 0.15) is 0 Å². The number of ether oxygens (including phenoxy) is 2. The van der Waals surface area contributed by atoms with E-state index in [4.69, 9.17) is 9.47 Å². The first-order chi connectivity index (χ1) is 15.1. The number of nitrogens with one attached hydrogen (secondary N) is 1. The lowest BCUT2D eigenvalue weighted by Gasteiger charge is -2.24. The standard InChI is InChI=1S/C25H32N2O4/c1-3-30-22-12-8-11-21-17-27(24(29)16-20-10-7-9-19(2)15-20)18-23(28)26-13-5-4-6-14-31-25(21)22/h7-12,15H,3-6,13-14,16-18H2,1-2H3,(H,26,28). The Morgan fingerprint density at radius 3 is 2.77 bits per heavy atom. The number of hydrogen-bond donors (Lipinski definition) is 1. The molecule has 0 atom stereocenters. The molecule has 0 saturated carbocycles. The number of nitrogens with zero attached hydrogens (tertiary/aromatic N) is 1. The summed E-state index contributed by atoms with van der Waals surface area (Å²) in [5.74, 6) is 1.10. The maximum atomic E-state index is 13.2. The molecular formula is C25H32N2O4. The molecule has 166 valence electrons. The van der Waals surface area contributed by atoms with E-state index in [1.54, 1.807) is 4.90 Å². The maximum Gasteiger partial charge on any atom is 0.239 e. The minimum absolute atomic E-state index is 0.0168. The Kier molecular flexibility index (Phi) is 8.33. The maximum absolute atomic E-state index is 13.2. The van der Waals surface area contributed by atoms with Crippen molar-refractivity contribution in [2.24, 2.45) is 0 Å². The summed E-state index contributed by atoms with van der Waals surface area (Å²) >= 11 is 0.